The summed E-state index contributed by atoms with van der Waals surface area (Å²) in [7, 11) is 2.22. The number of nitrogens with two attached hydrogens (primary N) is 1. The van der Waals surface area contributed by atoms with Gasteiger partial charge in [-0.05, 0) is 51.9 Å². The van der Waals surface area contributed by atoms with Crippen LogP contribution in [-0.4, -0.2) is 48.6 Å². The van der Waals surface area contributed by atoms with Gasteiger partial charge in [0.05, 0.1) is 0 Å². The number of hydrogen-bond donors (Lipinski definition) is 1. The van der Waals surface area contributed by atoms with Crippen LogP contribution < -0.4 is 5.73 Å². The van der Waals surface area contributed by atoms with Crippen LogP contribution in [0.2, 0.25) is 0 Å². The van der Waals surface area contributed by atoms with Gasteiger partial charge in [-0.3, -0.25) is 4.90 Å². The highest BCUT2D eigenvalue weighted by atomic mass is 15.3. The van der Waals surface area contributed by atoms with Gasteiger partial charge in [-0.25, -0.2) is 0 Å². The molecule has 0 aromatic heterocycles. The Morgan fingerprint density at radius 3 is 2.63 bits per heavy atom. The van der Waals surface area contributed by atoms with Crippen molar-refractivity contribution in [3.05, 3.63) is 29.8 Å². The van der Waals surface area contributed by atoms with E-state index in [1.165, 1.54) is 31.6 Å². The fourth-order valence-electron chi connectivity index (χ4n) is 2.79. The Hall–Kier alpha value is -1.06. The van der Waals surface area contributed by atoms with E-state index in [1.807, 2.05) is 12.1 Å². The minimum absolute atomic E-state index is 0.296. The zero-order valence-corrected chi connectivity index (χ0v) is 12.5. The molecule has 0 aliphatic carbocycles. The molecule has 1 heterocycles. The van der Waals surface area contributed by atoms with Crippen LogP contribution >= 0.6 is 0 Å². The Kier molecular flexibility index (Phi) is 4.48. The zero-order chi connectivity index (χ0) is 13.9. The van der Waals surface area contributed by atoms with Crippen molar-refractivity contribution in [3.63, 3.8) is 0 Å². The highest BCUT2D eigenvalue weighted by Crippen LogP contribution is 2.19. The molecule has 0 saturated carbocycles. The molecule has 0 bridgehead atoms. The molecule has 3 nitrogen and oxygen atoms in total. The smallest absolute Gasteiger partial charge is 0.0346 e. The predicted molar refractivity (Wildman–Crippen MR) is 82.3 cm³/mol. The van der Waals surface area contributed by atoms with Crippen LogP contribution in [0.3, 0.4) is 0 Å². The van der Waals surface area contributed by atoms with E-state index in [0.717, 1.165) is 18.7 Å². The Labute approximate surface area is 117 Å². The first-order chi connectivity index (χ1) is 8.99. The number of piperazine rings is 1. The lowest BCUT2D eigenvalue weighted by Crippen LogP contribution is -2.57. The summed E-state index contributed by atoms with van der Waals surface area (Å²) < 4.78 is 0. The summed E-state index contributed by atoms with van der Waals surface area (Å²) in [6, 6.07) is 8.21. The minimum Gasteiger partial charge on any atom is -0.399 e. The molecule has 0 atom stereocenters. The van der Waals surface area contributed by atoms with Crippen LogP contribution in [0.25, 0.3) is 0 Å². The Bertz CT molecular complexity index is 414. The molecule has 0 unspecified atom stereocenters. The summed E-state index contributed by atoms with van der Waals surface area (Å²) >= 11 is 0. The first-order valence-corrected chi connectivity index (χ1v) is 7.26. The molecule has 106 valence electrons. The molecule has 1 aromatic rings. The first kappa shape index (κ1) is 14.4. The van der Waals surface area contributed by atoms with Gasteiger partial charge < -0.3 is 10.6 Å². The van der Waals surface area contributed by atoms with E-state index in [1.54, 1.807) is 0 Å². The molecule has 0 radical (unpaired) electrons. The summed E-state index contributed by atoms with van der Waals surface area (Å²) in [5.74, 6) is 0. The molecule has 19 heavy (non-hydrogen) atoms. The minimum atomic E-state index is 0.296. The summed E-state index contributed by atoms with van der Waals surface area (Å²) in [5, 5.41) is 0. The number of para-hydroxylation sites is 1. The quantitative estimate of drug-likeness (QED) is 0.844. The van der Waals surface area contributed by atoms with E-state index in [9.17, 15) is 0 Å². The van der Waals surface area contributed by atoms with Crippen LogP contribution in [-0.2, 0) is 6.42 Å². The fourth-order valence-corrected chi connectivity index (χ4v) is 2.79. The summed E-state index contributed by atoms with van der Waals surface area (Å²) in [6.07, 6.45) is 2.27. The average molecular weight is 261 g/mol. The normalized spacial score (nSPS) is 20.6. The van der Waals surface area contributed by atoms with Crippen molar-refractivity contribution in [2.45, 2.75) is 32.2 Å². The molecule has 2 N–H and O–H groups in total. The molecule has 2 rings (SSSR count). The van der Waals surface area contributed by atoms with Gasteiger partial charge in [0.25, 0.3) is 0 Å². The number of nitrogen functional groups attached to an aromatic ring is 1. The SMILES string of the molecule is CN1CCN(CCCc2ccccc2N)CC1(C)C. The van der Waals surface area contributed by atoms with Gasteiger partial charge in [-0.1, -0.05) is 18.2 Å². The van der Waals surface area contributed by atoms with E-state index < -0.39 is 0 Å². The maximum absolute atomic E-state index is 5.98. The van der Waals surface area contributed by atoms with Crippen molar-refractivity contribution in [2.24, 2.45) is 0 Å². The molecule has 1 fully saturated rings. The second-order valence-electron chi connectivity index (χ2n) is 6.31. The van der Waals surface area contributed by atoms with Crippen molar-refractivity contribution >= 4 is 5.69 Å². The van der Waals surface area contributed by atoms with E-state index >= 15 is 0 Å². The van der Waals surface area contributed by atoms with Crippen molar-refractivity contribution in [2.75, 3.05) is 39.0 Å². The van der Waals surface area contributed by atoms with Gasteiger partial charge in [0.15, 0.2) is 0 Å². The average Bonchev–Trinajstić information content (AvgIpc) is 2.36. The lowest BCUT2D eigenvalue weighted by atomic mass is 9.99. The van der Waals surface area contributed by atoms with Gasteiger partial charge in [-0.2, -0.15) is 0 Å². The van der Waals surface area contributed by atoms with Gasteiger partial charge in [-0.15, -0.1) is 0 Å². The maximum Gasteiger partial charge on any atom is 0.0346 e. The van der Waals surface area contributed by atoms with Crippen molar-refractivity contribution < 1.29 is 0 Å². The largest absolute Gasteiger partial charge is 0.399 e. The number of anilines is 1. The van der Waals surface area contributed by atoms with Crippen LogP contribution in [0.15, 0.2) is 24.3 Å². The molecular formula is C16H27N3. The van der Waals surface area contributed by atoms with Gasteiger partial charge in [0.2, 0.25) is 0 Å². The number of likely N-dealkylation sites (N-methyl/N-ethyl adjacent to an activating group) is 1. The second-order valence-corrected chi connectivity index (χ2v) is 6.31. The van der Waals surface area contributed by atoms with Crippen LogP contribution in [0.5, 0.6) is 0 Å². The summed E-state index contributed by atoms with van der Waals surface area (Å²) in [5.41, 5.74) is 8.50. The molecule has 1 aromatic carbocycles. The third-order valence-electron chi connectivity index (χ3n) is 4.37. The highest BCUT2D eigenvalue weighted by Gasteiger charge is 2.30. The summed E-state index contributed by atoms with van der Waals surface area (Å²) in [4.78, 5) is 5.04. The first-order valence-electron chi connectivity index (χ1n) is 7.26. The number of nitrogens with zero attached hydrogens (tertiary/aromatic N) is 2. The number of hydrogen-bond acceptors (Lipinski definition) is 3. The Morgan fingerprint density at radius 2 is 1.95 bits per heavy atom. The molecule has 3 heteroatoms. The Balaban J connectivity index is 1.79. The van der Waals surface area contributed by atoms with Gasteiger partial charge in [0.1, 0.15) is 0 Å². The third-order valence-corrected chi connectivity index (χ3v) is 4.37. The number of benzene rings is 1. The van der Waals surface area contributed by atoms with Crippen molar-refractivity contribution in [3.8, 4) is 0 Å². The molecule has 1 aliphatic heterocycles. The Morgan fingerprint density at radius 1 is 1.21 bits per heavy atom. The van der Waals surface area contributed by atoms with Gasteiger partial charge in [0, 0.05) is 30.9 Å². The van der Waals surface area contributed by atoms with E-state index in [-0.39, 0.29) is 0 Å². The predicted octanol–water partition coefficient (Wildman–Crippen LogP) is 2.23. The molecule has 0 spiro atoms. The van der Waals surface area contributed by atoms with Gasteiger partial charge >= 0.3 is 0 Å². The monoisotopic (exact) mass is 261 g/mol. The van der Waals surface area contributed by atoms with E-state index in [2.05, 4.69) is 42.8 Å². The third kappa shape index (κ3) is 3.71. The second kappa shape index (κ2) is 5.93. The number of rotatable bonds is 4. The lowest BCUT2D eigenvalue weighted by molar-refractivity contribution is 0.0396. The van der Waals surface area contributed by atoms with Crippen LogP contribution in [0.4, 0.5) is 5.69 Å². The molecule has 0 amide bonds. The van der Waals surface area contributed by atoms with E-state index in [4.69, 9.17) is 5.73 Å². The van der Waals surface area contributed by atoms with Crippen molar-refractivity contribution in [1.82, 2.24) is 9.80 Å². The lowest BCUT2D eigenvalue weighted by Gasteiger charge is -2.45. The summed E-state index contributed by atoms with van der Waals surface area (Å²) in [6.45, 7) is 9.34. The number of aryl methyl sites for hydroxylation is 1. The van der Waals surface area contributed by atoms with Crippen LogP contribution in [0.1, 0.15) is 25.8 Å². The van der Waals surface area contributed by atoms with E-state index in [0.29, 0.717) is 5.54 Å². The van der Waals surface area contributed by atoms with Crippen LogP contribution in [0, 0.1) is 0 Å². The van der Waals surface area contributed by atoms with Crippen molar-refractivity contribution in [1.29, 1.82) is 0 Å². The highest BCUT2D eigenvalue weighted by molar-refractivity contribution is 5.46. The zero-order valence-electron chi connectivity index (χ0n) is 12.5. The topological polar surface area (TPSA) is 32.5 Å². The standard InChI is InChI=1S/C16H27N3/c1-16(2)13-19(12-11-18(16)3)10-6-8-14-7-4-5-9-15(14)17/h4-5,7,9H,6,8,10-13,17H2,1-3H3. The fraction of sp³-hybridized carbons (Fsp3) is 0.625. The molecule has 1 saturated heterocycles. The molecule has 1 aliphatic rings. The maximum atomic E-state index is 5.98. The molecular weight excluding hydrogens is 234 g/mol.